The number of carbonyl (C=O) groups is 1. The number of nitrogens with zero attached hydrogens (tertiary/aromatic N) is 2. The minimum absolute atomic E-state index is 0.146. The van der Waals surface area contributed by atoms with E-state index in [0.717, 1.165) is 5.69 Å². The maximum Gasteiger partial charge on any atom is 0.248 e. The molecule has 162 valence electrons. The van der Waals surface area contributed by atoms with E-state index < -0.39 is 10.0 Å². The van der Waals surface area contributed by atoms with Gasteiger partial charge in [0.05, 0.1) is 11.4 Å². The first-order valence-electron chi connectivity index (χ1n) is 9.50. The van der Waals surface area contributed by atoms with Crippen LogP contribution in [0.3, 0.4) is 0 Å². The summed E-state index contributed by atoms with van der Waals surface area (Å²) in [5, 5.41) is 7.65. The highest BCUT2D eigenvalue weighted by Gasteiger charge is 2.13. The molecule has 0 atom stereocenters. The summed E-state index contributed by atoms with van der Waals surface area (Å²) in [6.07, 6.45) is 4.52. The van der Waals surface area contributed by atoms with Crippen LogP contribution in [0.4, 0.5) is 5.69 Å². The van der Waals surface area contributed by atoms with Gasteiger partial charge >= 0.3 is 0 Å². The third-order valence-electron chi connectivity index (χ3n) is 4.07. The van der Waals surface area contributed by atoms with Gasteiger partial charge in [-0.15, -0.1) is 6.58 Å². The molecule has 0 saturated carbocycles. The van der Waals surface area contributed by atoms with E-state index in [1.165, 1.54) is 12.2 Å². The van der Waals surface area contributed by atoms with E-state index in [9.17, 15) is 13.2 Å². The molecule has 1 aromatic heterocycles. The second-order valence-electron chi connectivity index (χ2n) is 7.28. The van der Waals surface area contributed by atoms with Gasteiger partial charge in [-0.2, -0.15) is 5.10 Å². The molecular formula is C21H27ClN4O3S. The van der Waals surface area contributed by atoms with E-state index in [0.29, 0.717) is 34.4 Å². The first-order chi connectivity index (χ1) is 14.1. The zero-order chi connectivity index (χ0) is 22.3. The highest BCUT2D eigenvalue weighted by molar-refractivity contribution is 7.88. The molecule has 1 heterocycles. The Balaban J connectivity index is 2.00. The predicted molar refractivity (Wildman–Crippen MR) is 122 cm³/mol. The average molecular weight is 451 g/mol. The Morgan fingerprint density at radius 1 is 1.30 bits per heavy atom. The quantitative estimate of drug-likeness (QED) is 0.425. The van der Waals surface area contributed by atoms with Gasteiger partial charge in [0.15, 0.2) is 0 Å². The molecule has 30 heavy (non-hydrogen) atoms. The lowest BCUT2D eigenvalue weighted by Crippen LogP contribution is -2.25. The van der Waals surface area contributed by atoms with Crippen molar-refractivity contribution in [2.24, 2.45) is 5.92 Å². The van der Waals surface area contributed by atoms with E-state index in [1.807, 2.05) is 6.92 Å². The van der Waals surface area contributed by atoms with Gasteiger partial charge in [0, 0.05) is 30.4 Å². The molecule has 1 aromatic carbocycles. The second kappa shape index (κ2) is 10.6. The number of hydrogen-bond acceptors (Lipinski definition) is 4. The Morgan fingerprint density at radius 3 is 2.57 bits per heavy atom. The monoisotopic (exact) mass is 450 g/mol. The van der Waals surface area contributed by atoms with Gasteiger partial charge in [-0.25, -0.2) is 13.1 Å². The average Bonchev–Trinajstić information content (AvgIpc) is 2.92. The van der Waals surface area contributed by atoms with Crippen molar-refractivity contribution in [3.8, 4) is 0 Å². The van der Waals surface area contributed by atoms with Gasteiger partial charge in [0.2, 0.25) is 15.9 Å². The molecule has 0 aliphatic carbocycles. The molecule has 0 fully saturated rings. The van der Waals surface area contributed by atoms with E-state index in [4.69, 9.17) is 11.6 Å². The van der Waals surface area contributed by atoms with Crippen molar-refractivity contribution < 1.29 is 13.2 Å². The van der Waals surface area contributed by atoms with Crippen molar-refractivity contribution in [2.75, 3.05) is 11.9 Å². The molecule has 0 aliphatic heterocycles. The zero-order valence-corrected chi connectivity index (χ0v) is 18.9. The molecule has 2 N–H and O–H groups in total. The lowest BCUT2D eigenvalue weighted by Gasteiger charge is -2.07. The zero-order valence-electron chi connectivity index (χ0n) is 17.4. The molecule has 9 heteroatoms. The number of carbonyl (C=O) groups excluding carboxylic acids is 1. The number of amides is 1. The number of hydrogen-bond donors (Lipinski definition) is 2. The first kappa shape index (κ1) is 23.9. The minimum atomic E-state index is -3.43. The fourth-order valence-electron chi connectivity index (χ4n) is 2.71. The van der Waals surface area contributed by atoms with Crippen molar-refractivity contribution >= 4 is 39.3 Å². The lowest BCUT2D eigenvalue weighted by atomic mass is 10.2. The van der Waals surface area contributed by atoms with Crippen LogP contribution in [0.15, 0.2) is 43.0 Å². The van der Waals surface area contributed by atoms with Crippen LogP contribution in [-0.4, -0.2) is 30.7 Å². The first-order valence-corrected chi connectivity index (χ1v) is 11.5. The fourth-order valence-corrected chi connectivity index (χ4v) is 4.12. The van der Waals surface area contributed by atoms with Crippen LogP contribution in [0.1, 0.15) is 30.7 Å². The Bertz CT molecular complexity index is 1030. The van der Waals surface area contributed by atoms with Crippen LogP contribution in [0, 0.1) is 12.8 Å². The van der Waals surface area contributed by atoms with Crippen molar-refractivity contribution in [2.45, 2.75) is 33.1 Å². The van der Waals surface area contributed by atoms with Crippen LogP contribution >= 0.6 is 11.6 Å². The van der Waals surface area contributed by atoms with Crippen LogP contribution in [0.2, 0.25) is 5.15 Å². The Morgan fingerprint density at radius 2 is 1.97 bits per heavy atom. The van der Waals surface area contributed by atoms with E-state index in [1.54, 1.807) is 35.0 Å². The van der Waals surface area contributed by atoms with Gasteiger partial charge < -0.3 is 5.32 Å². The van der Waals surface area contributed by atoms with Crippen LogP contribution in [0.25, 0.3) is 6.08 Å². The van der Waals surface area contributed by atoms with Crippen molar-refractivity contribution in [3.05, 3.63) is 65.0 Å². The number of halogens is 1. The molecule has 0 aliphatic rings. The van der Waals surface area contributed by atoms with Gasteiger partial charge in [0.25, 0.3) is 0 Å². The van der Waals surface area contributed by atoms with Gasteiger partial charge in [-0.05, 0) is 36.6 Å². The highest BCUT2D eigenvalue weighted by atomic mass is 35.5. The summed E-state index contributed by atoms with van der Waals surface area (Å²) in [7, 11) is -3.43. The lowest BCUT2D eigenvalue weighted by molar-refractivity contribution is -0.111. The number of aromatic nitrogens is 2. The Labute approximate surface area is 182 Å². The third kappa shape index (κ3) is 7.12. The summed E-state index contributed by atoms with van der Waals surface area (Å²) in [5.74, 6) is -0.0691. The summed E-state index contributed by atoms with van der Waals surface area (Å²) < 4.78 is 28.0. The minimum Gasteiger partial charge on any atom is -0.323 e. The number of anilines is 1. The largest absolute Gasteiger partial charge is 0.323 e. The van der Waals surface area contributed by atoms with E-state index in [-0.39, 0.29) is 18.2 Å². The van der Waals surface area contributed by atoms with Gasteiger partial charge in [-0.3, -0.25) is 9.48 Å². The number of rotatable bonds is 10. The number of nitrogens with one attached hydrogen (secondary N) is 2. The second-order valence-corrected chi connectivity index (χ2v) is 9.45. The van der Waals surface area contributed by atoms with Crippen LogP contribution in [-0.2, 0) is 27.1 Å². The fraction of sp³-hybridized carbons (Fsp3) is 0.333. The van der Waals surface area contributed by atoms with Crippen molar-refractivity contribution in [3.63, 3.8) is 0 Å². The van der Waals surface area contributed by atoms with E-state index in [2.05, 4.69) is 35.6 Å². The summed E-state index contributed by atoms with van der Waals surface area (Å²) in [4.78, 5) is 12.2. The summed E-state index contributed by atoms with van der Waals surface area (Å²) in [5.41, 5.74) is 2.63. The van der Waals surface area contributed by atoms with Crippen molar-refractivity contribution in [1.82, 2.24) is 14.5 Å². The molecular weight excluding hydrogens is 424 g/mol. The topological polar surface area (TPSA) is 93.1 Å². The number of aryl methyl sites for hydroxylation is 1. The molecule has 2 aromatic rings. The molecule has 1 amide bonds. The summed E-state index contributed by atoms with van der Waals surface area (Å²) >= 11 is 6.38. The predicted octanol–water partition coefficient (Wildman–Crippen LogP) is 3.76. The molecule has 0 unspecified atom stereocenters. The van der Waals surface area contributed by atoms with Gasteiger partial charge in [-0.1, -0.05) is 43.7 Å². The molecule has 0 radical (unpaired) electrons. The van der Waals surface area contributed by atoms with Gasteiger partial charge in [0.1, 0.15) is 5.15 Å². The Hall–Kier alpha value is -2.42. The standard InChI is InChI=1S/C21H27ClN4O3S/c1-5-12-23-30(28,29)14-17-6-8-18(9-7-17)24-20(27)11-10-19-16(4)25-26(21(19)22)13-15(2)3/h5-11,15,23H,1,12-14H2,2-4H3,(H,24,27)/b11-10+. The highest BCUT2D eigenvalue weighted by Crippen LogP contribution is 2.22. The molecule has 7 nitrogen and oxygen atoms in total. The maximum absolute atomic E-state index is 12.2. The SMILES string of the molecule is C=CCNS(=O)(=O)Cc1ccc(NC(=O)/C=C/c2c(C)nn(CC(C)C)c2Cl)cc1. The molecule has 0 saturated heterocycles. The van der Waals surface area contributed by atoms with Crippen LogP contribution in [0.5, 0.6) is 0 Å². The van der Waals surface area contributed by atoms with E-state index >= 15 is 0 Å². The summed E-state index contributed by atoms with van der Waals surface area (Å²) in [6.45, 7) is 10.4. The third-order valence-corrected chi connectivity index (χ3v) is 5.79. The van der Waals surface area contributed by atoms with Crippen molar-refractivity contribution in [1.29, 1.82) is 0 Å². The molecule has 0 bridgehead atoms. The summed E-state index contributed by atoms with van der Waals surface area (Å²) in [6, 6.07) is 6.62. The number of benzene rings is 1. The van der Waals surface area contributed by atoms with Crippen LogP contribution < -0.4 is 10.0 Å². The maximum atomic E-state index is 12.2. The smallest absolute Gasteiger partial charge is 0.248 e. The Kier molecular flexibility index (Phi) is 8.40. The number of sulfonamides is 1. The molecule has 2 rings (SSSR count). The molecule has 0 spiro atoms. The normalized spacial score (nSPS) is 11.9.